The summed E-state index contributed by atoms with van der Waals surface area (Å²) in [7, 11) is 1.43. The number of nitrogen functional groups attached to an aromatic ring is 2. The number of ketones is 2. The molecule has 0 aliphatic heterocycles. The van der Waals surface area contributed by atoms with Crippen LogP contribution in [0, 0.1) is 0 Å². The Bertz CT molecular complexity index is 766. The van der Waals surface area contributed by atoms with Crippen molar-refractivity contribution in [1.82, 2.24) is 0 Å². The normalized spacial score (nSPS) is 12.8. The predicted octanol–water partition coefficient (Wildman–Crippen LogP) is 1.64. The van der Waals surface area contributed by atoms with Gasteiger partial charge in [-0.3, -0.25) is 9.59 Å². The van der Waals surface area contributed by atoms with E-state index in [2.05, 4.69) is 0 Å². The number of carbonyl (C=O) groups is 2. The van der Waals surface area contributed by atoms with Crippen LogP contribution in [0.4, 0.5) is 11.4 Å². The highest BCUT2D eigenvalue weighted by Crippen LogP contribution is 2.39. The molecular weight excluding hydrogens is 256 g/mol. The molecule has 100 valence electrons. The molecule has 5 nitrogen and oxygen atoms in total. The van der Waals surface area contributed by atoms with Gasteiger partial charge in [0.25, 0.3) is 0 Å². The topological polar surface area (TPSA) is 95.4 Å². The van der Waals surface area contributed by atoms with Crippen molar-refractivity contribution in [2.45, 2.75) is 0 Å². The van der Waals surface area contributed by atoms with E-state index in [1.165, 1.54) is 13.2 Å². The lowest BCUT2D eigenvalue weighted by atomic mass is 9.82. The first kappa shape index (κ1) is 12.2. The molecule has 0 saturated heterocycles. The second kappa shape index (κ2) is 4.09. The second-order valence-corrected chi connectivity index (χ2v) is 4.54. The van der Waals surface area contributed by atoms with Crippen LogP contribution in [-0.2, 0) is 0 Å². The van der Waals surface area contributed by atoms with Gasteiger partial charge in [0.1, 0.15) is 5.75 Å². The van der Waals surface area contributed by atoms with Gasteiger partial charge in [0.15, 0.2) is 11.6 Å². The molecule has 0 bridgehead atoms. The molecule has 0 amide bonds. The quantitative estimate of drug-likeness (QED) is 0.654. The molecule has 0 unspecified atom stereocenters. The van der Waals surface area contributed by atoms with Gasteiger partial charge in [-0.2, -0.15) is 0 Å². The minimum absolute atomic E-state index is 0.130. The van der Waals surface area contributed by atoms with E-state index >= 15 is 0 Å². The lowest BCUT2D eigenvalue weighted by Gasteiger charge is -2.21. The maximum atomic E-state index is 12.6. The van der Waals surface area contributed by atoms with Crippen molar-refractivity contribution in [2.75, 3.05) is 18.6 Å². The monoisotopic (exact) mass is 268 g/mol. The molecular formula is C15H12N2O3. The predicted molar refractivity (Wildman–Crippen MR) is 75.1 cm³/mol. The third-order valence-electron chi connectivity index (χ3n) is 3.45. The van der Waals surface area contributed by atoms with E-state index in [4.69, 9.17) is 16.2 Å². The Balaban J connectivity index is 2.39. The van der Waals surface area contributed by atoms with Crippen molar-refractivity contribution in [2.24, 2.45) is 0 Å². The van der Waals surface area contributed by atoms with Gasteiger partial charge in [0, 0.05) is 22.9 Å². The van der Waals surface area contributed by atoms with Crippen molar-refractivity contribution in [1.29, 1.82) is 0 Å². The molecule has 3 rings (SSSR count). The van der Waals surface area contributed by atoms with E-state index in [1.807, 2.05) is 0 Å². The van der Waals surface area contributed by atoms with Crippen molar-refractivity contribution in [3.8, 4) is 5.75 Å². The van der Waals surface area contributed by atoms with Gasteiger partial charge in [-0.25, -0.2) is 0 Å². The minimum atomic E-state index is -0.307. The average Bonchev–Trinajstić information content (AvgIpc) is 2.46. The summed E-state index contributed by atoms with van der Waals surface area (Å²) in [6.45, 7) is 0. The van der Waals surface area contributed by atoms with Crippen LogP contribution in [0.3, 0.4) is 0 Å². The zero-order chi connectivity index (χ0) is 14.4. The van der Waals surface area contributed by atoms with Gasteiger partial charge in [-0.15, -0.1) is 0 Å². The fourth-order valence-corrected chi connectivity index (χ4v) is 2.49. The van der Waals surface area contributed by atoms with Gasteiger partial charge in [0.05, 0.1) is 23.9 Å². The lowest BCUT2D eigenvalue weighted by Crippen LogP contribution is -2.24. The number of anilines is 2. The van der Waals surface area contributed by atoms with Crippen LogP contribution in [0.25, 0.3) is 0 Å². The highest BCUT2D eigenvalue weighted by molar-refractivity contribution is 6.32. The second-order valence-electron chi connectivity index (χ2n) is 4.54. The highest BCUT2D eigenvalue weighted by atomic mass is 16.5. The number of ether oxygens (including phenoxy) is 1. The van der Waals surface area contributed by atoms with E-state index in [-0.39, 0.29) is 34.1 Å². The summed E-state index contributed by atoms with van der Waals surface area (Å²) >= 11 is 0. The molecule has 1 aliphatic rings. The zero-order valence-electron chi connectivity index (χ0n) is 10.8. The Kier molecular flexibility index (Phi) is 2.50. The van der Waals surface area contributed by atoms with Crippen LogP contribution in [0.5, 0.6) is 5.75 Å². The number of hydrogen-bond donors (Lipinski definition) is 2. The largest absolute Gasteiger partial charge is 0.494 e. The number of methoxy groups -OCH3 is 1. The minimum Gasteiger partial charge on any atom is -0.494 e. The Morgan fingerprint density at radius 2 is 1.50 bits per heavy atom. The van der Waals surface area contributed by atoms with Crippen LogP contribution in [-0.4, -0.2) is 18.7 Å². The van der Waals surface area contributed by atoms with Crippen molar-refractivity contribution >= 4 is 22.9 Å². The van der Waals surface area contributed by atoms with E-state index in [9.17, 15) is 9.59 Å². The average molecular weight is 268 g/mol. The van der Waals surface area contributed by atoms with Gasteiger partial charge >= 0.3 is 0 Å². The Morgan fingerprint density at radius 3 is 2.05 bits per heavy atom. The first-order valence-electron chi connectivity index (χ1n) is 6.00. The molecule has 0 atom stereocenters. The van der Waals surface area contributed by atoms with Crippen LogP contribution in [0.1, 0.15) is 31.8 Å². The molecule has 0 aromatic heterocycles. The van der Waals surface area contributed by atoms with E-state index < -0.39 is 0 Å². The van der Waals surface area contributed by atoms with E-state index in [0.717, 1.165) is 0 Å². The molecule has 0 spiro atoms. The fourth-order valence-electron chi connectivity index (χ4n) is 2.49. The summed E-state index contributed by atoms with van der Waals surface area (Å²) in [6.07, 6.45) is 0. The number of fused-ring (bicyclic) bond motifs is 2. The fraction of sp³-hybridized carbons (Fsp3) is 0.0667. The number of benzene rings is 2. The highest BCUT2D eigenvalue weighted by Gasteiger charge is 2.34. The van der Waals surface area contributed by atoms with Crippen LogP contribution >= 0.6 is 0 Å². The summed E-state index contributed by atoms with van der Waals surface area (Å²) in [5, 5.41) is 0. The van der Waals surface area contributed by atoms with Gasteiger partial charge in [-0.1, -0.05) is 24.3 Å². The molecule has 0 heterocycles. The van der Waals surface area contributed by atoms with Crippen molar-refractivity contribution < 1.29 is 14.3 Å². The molecule has 0 saturated carbocycles. The third kappa shape index (κ3) is 1.43. The van der Waals surface area contributed by atoms with Crippen LogP contribution < -0.4 is 16.2 Å². The number of hydrogen-bond acceptors (Lipinski definition) is 5. The first-order valence-corrected chi connectivity index (χ1v) is 6.00. The molecule has 0 radical (unpaired) electrons. The molecule has 5 heteroatoms. The SMILES string of the molecule is COc1cc(N)c2c(c1N)C(=O)c1ccccc1C2=O. The van der Waals surface area contributed by atoms with Crippen molar-refractivity contribution in [3.63, 3.8) is 0 Å². The van der Waals surface area contributed by atoms with Gasteiger partial charge in [-0.05, 0) is 0 Å². The first-order chi connectivity index (χ1) is 9.56. The summed E-state index contributed by atoms with van der Waals surface area (Å²) in [6, 6.07) is 8.09. The third-order valence-corrected chi connectivity index (χ3v) is 3.45. The zero-order valence-corrected chi connectivity index (χ0v) is 10.8. The molecule has 2 aromatic carbocycles. The van der Waals surface area contributed by atoms with Gasteiger partial charge in [0.2, 0.25) is 0 Å². The molecule has 2 aromatic rings. The molecule has 1 aliphatic carbocycles. The van der Waals surface area contributed by atoms with E-state index in [1.54, 1.807) is 24.3 Å². The number of nitrogens with two attached hydrogens (primary N) is 2. The molecule has 0 fully saturated rings. The van der Waals surface area contributed by atoms with Gasteiger partial charge < -0.3 is 16.2 Å². The Labute approximate surface area is 115 Å². The maximum absolute atomic E-state index is 12.6. The Morgan fingerprint density at radius 1 is 0.950 bits per heavy atom. The van der Waals surface area contributed by atoms with Crippen molar-refractivity contribution in [3.05, 3.63) is 52.6 Å². The Hall–Kier alpha value is -2.82. The van der Waals surface area contributed by atoms with E-state index in [0.29, 0.717) is 16.9 Å². The summed E-state index contributed by atoms with van der Waals surface area (Å²) < 4.78 is 5.09. The molecule has 4 N–H and O–H groups in total. The standard InChI is InChI=1S/C15H12N2O3/c1-20-10-6-9(16)11-12(13(10)17)15(19)8-5-3-2-4-7(8)14(11)18/h2-6H,16-17H2,1H3. The van der Waals surface area contributed by atoms with Crippen LogP contribution in [0.2, 0.25) is 0 Å². The smallest absolute Gasteiger partial charge is 0.196 e. The summed E-state index contributed by atoms with van der Waals surface area (Å²) in [5.41, 5.74) is 13.1. The maximum Gasteiger partial charge on any atom is 0.196 e. The lowest BCUT2D eigenvalue weighted by molar-refractivity contribution is 0.0980. The number of carbonyl (C=O) groups excluding carboxylic acids is 2. The molecule has 20 heavy (non-hydrogen) atoms. The number of rotatable bonds is 1. The van der Waals surface area contributed by atoms with Crippen LogP contribution in [0.15, 0.2) is 30.3 Å². The summed E-state index contributed by atoms with van der Waals surface area (Å²) in [5.74, 6) is -0.304. The summed E-state index contributed by atoms with van der Waals surface area (Å²) in [4.78, 5) is 25.0.